The van der Waals surface area contributed by atoms with Crippen LogP contribution in [0.3, 0.4) is 0 Å². The van der Waals surface area contributed by atoms with Crippen molar-refractivity contribution in [3.05, 3.63) is 78.0 Å². The summed E-state index contributed by atoms with van der Waals surface area (Å²) < 4.78 is 0.999. The number of amides is 3. The molecule has 0 radical (unpaired) electrons. The van der Waals surface area contributed by atoms with Gasteiger partial charge in [-0.2, -0.15) is 0 Å². The molecule has 4 rings (SSSR count). The van der Waals surface area contributed by atoms with Gasteiger partial charge in [-0.05, 0) is 55.0 Å². The van der Waals surface area contributed by atoms with Crippen molar-refractivity contribution in [2.75, 3.05) is 10.6 Å². The molecule has 2 aromatic heterocycles. The number of aryl methyl sites for hydroxylation is 1. The molecular formula is C22H18N4O2S2. The number of nitrogens with one attached hydrogen (secondary N) is 2. The molecule has 0 saturated carbocycles. The lowest BCUT2D eigenvalue weighted by atomic mass is 10.0. The number of urea groups is 1. The molecule has 2 aromatic carbocycles. The average Bonchev–Trinajstić information content (AvgIpc) is 3.14. The van der Waals surface area contributed by atoms with Gasteiger partial charge in [-0.3, -0.25) is 15.1 Å². The van der Waals surface area contributed by atoms with E-state index < -0.39 is 5.91 Å². The van der Waals surface area contributed by atoms with Crippen molar-refractivity contribution in [3.8, 4) is 0 Å². The molecular weight excluding hydrogens is 416 g/mol. The van der Waals surface area contributed by atoms with Crippen LogP contribution < -0.4 is 16.4 Å². The van der Waals surface area contributed by atoms with Crippen LogP contribution in [0.2, 0.25) is 0 Å². The Morgan fingerprint density at radius 3 is 2.60 bits per heavy atom. The Labute approximate surface area is 181 Å². The van der Waals surface area contributed by atoms with Gasteiger partial charge < -0.3 is 11.1 Å². The fourth-order valence-electron chi connectivity index (χ4n) is 2.97. The summed E-state index contributed by atoms with van der Waals surface area (Å²) in [6, 6.07) is 18.3. The highest BCUT2D eigenvalue weighted by atomic mass is 32.2. The van der Waals surface area contributed by atoms with Crippen molar-refractivity contribution in [2.24, 2.45) is 5.73 Å². The molecule has 6 nitrogen and oxygen atoms in total. The molecule has 0 aliphatic carbocycles. The zero-order valence-electron chi connectivity index (χ0n) is 16.0. The minimum absolute atomic E-state index is 0.296. The van der Waals surface area contributed by atoms with E-state index in [2.05, 4.69) is 15.6 Å². The molecule has 0 saturated heterocycles. The summed E-state index contributed by atoms with van der Waals surface area (Å²) >= 11 is 3.02. The summed E-state index contributed by atoms with van der Waals surface area (Å²) in [7, 11) is 0. The molecule has 0 fully saturated rings. The highest BCUT2D eigenvalue weighted by molar-refractivity contribution is 8.01. The first kappa shape index (κ1) is 19.9. The SMILES string of the molecule is Cc1cc2nccc(Sc3ccc(NC(=O)Nc4ccccc4)s3)c2cc1C(N)=O. The summed E-state index contributed by atoms with van der Waals surface area (Å²) in [6.07, 6.45) is 1.74. The van der Waals surface area contributed by atoms with Crippen molar-refractivity contribution >= 4 is 56.6 Å². The Hall–Kier alpha value is -3.36. The van der Waals surface area contributed by atoms with Gasteiger partial charge in [0.15, 0.2) is 0 Å². The van der Waals surface area contributed by atoms with Gasteiger partial charge in [-0.25, -0.2) is 4.79 Å². The first-order valence-corrected chi connectivity index (χ1v) is 10.7. The van der Waals surface area contributed by atoms with Crippen LogP contribution in [0.1, 0.15) is 15.9 Å². The second kappa shape index (κ2) is 8.56. The maximum atomic E-state index is 12.2. The number of hydrogen-bond donors (Lipinski definition) is 3. The Bertz CT molecular complexity index is 1240. The third-order valence-electron chi connectivity index (χ3n) is 4.37. The van der Waals surface area contributed by atoms with E-state index in [4.69, 9.17) is 5.73 Å². The number of anilines is 2. The lowest BCUT2D eigenvalue weighted by molar-refractivity contribution is 0.1000. The summed E-state index contributed by atoms with van der Waals surface area (Å²) in [5.41, 5.74) is 8.33. The minimum Gasteiger partial charge on any atom is -0.366 e. The first-order chi connectivity index (χ1) is 14.5. The van der Waals surface area contributed by atoms with Gasteiger partial charge in [0.25, 0.3) is 0 Å². The number of nitrogens with two attached hydrogens (primary N) is 1. The molecule has 0 unspecified atom stereocenters. The van der Waals surface area contributed by atoms with Crippen LogP contribution in [-0.4, -0.2) is 16.9 Å². The largest absolute Gasteiger partial charge is 0.366 e. The molecule has 3 amide bonds. The van der Waals surface area contributed by atoms with Crippen LogP contribution >= 0.6 is 23.1 Å². The van der Waals surface area contributed by atoms with E-state index in [1.165, 1.54) is 11.3 Å². The van der Waals surface area contributed by atoms with E-state index in [1.54, 1.807) is 24.0 Å². The van der Waals surface area contributed by atoms with Gasteiger partial charge >= 0.3 is 6.03 Å². The highest BCUT2D eigenvalue weighted by Crippen LogP contribution is 2.39. The van der Waals surface area contributed by atoms with Gasteiger partial charge in [-0.15, -0.1) is 11.3 Å². The van der Waals surface area contributed by atoms with Crippen molar-refractivity contribution in [2.45, 2.75) is 16.0 Å². The number of benzene rings is 2. The van der Waals surface area contributed by atoms with Crippen molar-refractivity contribution in [3.63, 3.8) is 0 Å². The standard InChI is InChI=1S/C22H18N4O2S2/c1-13-11-17-16(12-15(13)21(23)27)18(9-10-24-17)29-20-8-7-19(30-20)26-22(28)25-14-5-3-2-4-6-14/h2-12H,1H3,(H2,23,27)(H2,25,26,28). The van der Waals surface area contributed by atoms with Crippen molar-refractivity contribution in [1.82, 2.24) is 4.98 Å². The van der Waals surface area contributed by atoms with E-state index in [1.807, 2.05) is 61.5 Å². The average molecular weight is 435 g/mol. The molecule has 30 heavy (non-hydrogen) atoms. The maximum absolute atomic E-state index is 12.2. The predicted molar refractivity (Wildman–Crippen MR) is 123 cm³/mol. The van der Waals surface area contributed by atoms with E-state index in [0.717, 1.165) is 36.3 Å². The third-order valence-corrected chi connectivity index (χ3v) is 6.58. The Balaban J connectivity index is 1.52. The molecule has 0 atom stereocenters. The number of carbonyl (C=O) groups excluding carboxylic acids is 2. The summed E-state index contributed by atoms with van der Waals surface area (Å²) in [5.74, 6) is -0.457. The van der Waals surface area contributed by atoms with Crippen molar-refractivity contribution < 1.29 is 9.59 Å². The Morgan fingerprint density at radius 1 is 1.03 bits per heavy atom. The van der Waals surface area contributed by atoms with E-state index in [-0.39, 0.29) is 6.03 Å². The van der Waals surface area contributed by atoms with E-state index in [9.17, 15) is 9.59 Å². The van der Waals surface area contributed by atoms with Crippen LogP contribution in [0.5, 0.6) is 0 Å². The molecule has 0 spiro atoms. The number of pyridine rings is 1. The molecule has 4 N–H and O–H groups in total. The highest BCUT2D eigenvalue weighted by Gasteiger charge is 2.12. The zero-order valence-corrected chi connectivity index (χ0v) is 17.6. The molecule has 4 aromatic rings. The molecule has 0 aliphatic rings. The monoisotopic (exact) mass is 434 g/mol. The van der Waals surface area contributed by atoms with E-state index >= 15 is 0 Å². The number of thiophene rings is 1. The fraction of sp³-hybridized carbons (Fsp3) is 0.0455. The number of carbonyl (C=O) groups is 2. The minimum atomic E-state index is -0.457. The van der Waals surface area contributed by atoms with Gasteiger partial charge in [0.1, 0.15) is 0 Å². The zero-order chi connectivity index (χ0) is 21.1. The molecule has 150 valence electrons. The van der Waals surface area contributed by atoms with Crippen LogP contribution in [0.25, 0.3) is 10.9 Å². The number of aromatic nitrogens is 1. The van der Waals surface area contributed by atoms with Crippen LogP contribution in [0.4, 0.5) is 15.5 Å². The van der Waals surface area contributed by atoms with Crippen LogP contribution in [-0.2, 0) is 0 Å². The second-order valence-corrected chi connectivity index (χ2v) is 8.95. The van der Waals surface area contributed by atoms with Gasteiger partial charge in [0.2, 0.25) is 5.91 Å². The van der Waals surface area contributed by atoms with Gasteiger partial charge in [0, 0.05) is 27.7 Å². The maximum Gasteiger partial charge on any atom is 0.324 e. The number of rotatable bonds is 5. The number of nitrogens with zero attached hydrogens (tertiary/aromatic N) is 1. The fourth-order valence-corrected chi connectivity index (χ4v) is 5.07. The van der Waals surface area contributed by atoms with Crippen molar-refractivity contribution in [1.29, 1.82) is 0 Å². The number of para-hydroxylation sites is 1. The second-order valence-electron chi connectivity index (χ2n) is 6.52. The lowest BCUT2D eigenvalue weighted by Crippen LogP contribution is -2.18. The summed E-state index contributed by atoms with van der Waals surface area (Å²) in [6.45, 7) is 1.85. The van der Waals surface area contributed by atoms with Gasteiger partial charge in [-0.1, -0.05) is 30.0 Å². The predicted octanol–water partition coefficient (Wildman–Crippen LogP) is 5.50. The topological polar surface area (TPSA) is 97.1 Å². The lowest BCUT2D eigenvalue weighted by Gasteiger charge is -2.08. The molecule has 8 heteroatoms. The van der Waals surface area contributed by atoms with Crippen LogP contribution in [0, 0.1) is 6.92 Å². The number of fused-ring (bicyclic) bond motifs is 1. The smallest absolute Gasteiger partial charge is 0.324 e. The van der Waals surface area contributed by atoms with Gasteiger partial charge in [0.05, 0.1) is 14.7 Å². The Kier molecular flexibility index (Phi) is 5.69. The molecule has 0 aliphatic heterocycles. The van der Waals surface area contributed by atoms with Crippen LogP contribution in [0.15, 0.2) is 76.0 Å². The molecule has 2 heterocycles. The summed E-state index contributed by atoms with van der Waals surface area (Å²) in [4.78, 5) is 29.3. The first-order valence-electron chi connectivity index (χ1n) is 9.09. The summed E-state index contributed by atoms with van der Waals surface area (Å²) in [5, 5.41) is 7.24. The van der Waals surface area contributed by atoms with E-state index in [0.29, 0.717) is 5.56 Å². The third kappa shape index (κ3) is 4.45. The molecule has 0 bridgehead atoms. The Morgan fingerprint density at radius 2 is 1.83 bits per heavy atom. The quantitative estimate of drug-likeness (QED) is 0.386. The normalized spacial score (nSPS) is 10.7. The number of hydrogen-bond acceptors (Lipinski definition) is 5. The number of primary amides is 1.